The summed E-state index contributed by atoms with van der Waals surface area (Å²) in [6.45, 7) is 3.31. The third-order valence-electron chi connectivity index (χ3n) is 4.76. The van der Waals surface area contributed by atoms with Gasteiger partial charge in [0.15, 0.2) is 0 Å². The molecule has 0 atom stereocenters. The fraction of sp³-hybridized carbons (Fsp3) is 0.381. The Bertz CT molecular complexity index is 848. The molecule has 0 radical (unpaired) electrons. The monoisotopic (exact) mass is 367 g/mol. The maximum atomic E-state index is 12.9. The Kier molecular flexibility index (Phi) is 5.74. The van der Waals surface area contributed by atoms with Crippen molar-refractivity contribution in [2.75, 3.05) is 27.2 Å². The molecular formula is C21H25N3O3. The van der Waals surface area contributed by atoms with Crippen LogP contribution in [0.2, 0.25) is 0 Å². The highest BCUT2D eigenvalue weighted by Crippen LogP contribution is 2.26. The SMILES string of the molecule is Cc1ncccc1C(=O)N1CCOc2ccc(CCC(=O)N(C)C)cc2C1. The molecule has 0 N–H and O–H groups in total. The maximum absolute atomic E-state index is 12.9. The number of ether oxygens (including phenoxy) is 1. The van der Waals surface area contributed by atoms with Crippen molar-refractivity contribution in [2.24, 2.45) is 0 Å². The van der Waals surface area contributed by atoms with E-state index in [2.05, 4.69) is 4.98 Å². The first-order valence-electron chi connectivity index (χ1n) is 9.11. The molecule has 0 saturated heterocycles. The Hall–Kier alpha value is -2.89. The summed E-state index contributed by atoms with van der Waals surface area (Å²) in [5.41, 5.74) is 3.38. The molecule has 2 amide bonds. The van der Waals surface area contributed by atoms with Crippen LogP contribution in [-0.4, -0.2) is 53.8 Å². The molecule has 0 spiro atoms. The smallest absolute Gasteiger partial charge is 0.256 e. The molecule has 1 aromatic heterocycles. The van der Waals surface area contributed by atoms with E-state index in [1.54, 1.807) is 42.2 Å². The maximum Gasteiger partial charge on any atom is 0.256 e. The van der Waals surface area contributed by atoms with Crippen LogP contribution in [-0.2, 0) is 17.8 Å². The van der Waals surface area contributed by atoms with Gasteiger partial charge in [-0.2, -0.15) is 0 Å². The molecule has 27 heavy (non-hydrogen) atoms. The number of rotatable bonds is 4. The van der Waals surface area contributed by atoms with E-state index in [4.69, 9.17) is 4.74 Å². The number of fused-ring (bicyclic) bond motifs is 1. The largest absolute Gasteiger partial charge is 0.491 e. The Balaban J connectivity index is 1.77. The van der Waals surface area contributed by atoms with Crippen molar-refractivity contribution in [3.63, 3.8) is 0 Å². The molecule has 3 rings (SSSR count). The van der Waals surface area contributed by atoms with Crippen molar-refractivity contribution < 1.29 is 14.3 Å². The normalized spacial score (nSPS) is 13.4. The van der Waals surface area contributed by atoms with Gasteiger partial charge in [-0.05, 0) is 37.1 Å². The number of carbonyl (C=O) groups excluding carboxylic acids is 2. The second-order valence-electron chi connectivity index (χ2n) is 6.94. The van der Waals surface area contributed by atoms with Gasteiger partial charge in [-0.1, -0.05) is 12.1 Å². The first-order valence-corrected chi connectivity index (χ1v) is 9.11. The van der Waals surface area contributed by atoms with Crippen LogP contribution in [0.5, 0.6) is 5.75 Å². The number of aromatic nitrogens is 1. The van der Waals surface area contributed by atoms with Crippen molar-refractivity contribution >= 4 is 11.8 Å². The number of carbonyl (C=O) groups is 2. The van der Waals surface area contributed by atoms with Crippen LogP contribution in [0.15, 0.2) is 36.5 Å². The molecule has 2 heterocycles. The fourth-order valence-corrected chi connectivity index (χ4v) is 3.13. The van der Waals surface area contributed by atoms with Crippen LogP contribution in [0.1, 0.15) is 33.6 Å². The topological polar surface area (TPSA) is 62.7 Å². The van der Waals surface area contributed by atoms with Crippen molar-refractivity contribution in [1.82, 2.24) is 14.8 Å². The highest BCUT2D eigenvalue weighted by atomic mass is 16.5. The summed E-state index contributed by atoms with van der Waals surface area (Å²) >= 11 is 0. The molecule has 0 saturated carbocycles. The molecule has 2 aromatic rings. The first kappa shape index (κ1) is 18.9. The van der Waals surface area contributed by atoms with E-state index in [-0.39, 0.29) is 11.8 Å². The Morgan fingerprint density at radius 3 is 2.81 bits per heavy atom. The summed E-state index contributed by atoms with van der Waals surface area (Å²) in [6.07, 6.45) is 2.82. The van der Waals surface area contributed by atoms with E-state index in [1.807, 2.05) is 25.1 Å². The highest BCUT2D eigenvalue weighted by Gasteiger charge is 2.22. The van der Waals surface area contributed by atoms with E-state index >= 15 is 0 Å². The molecular weight excluding hydrogens is 342 g/mol. The second kappa shape index (κ2) is 8.20. The lowest BCUT2D eigenvalue weighted by Gasteiger charge is -2.20. The third-order valence-corrected chi connectivity index (χ3v) is 4.76. The number of nitrogens with zero attached hydrogens (tertiary/aromatic N) is 3. The summed E-state index contributed by atoms with van der Waals surface area (Å²) in [5, 5.41) is 0. The van der Waals surface area contributed by atoms with Gasteiger partial charge in [-0.3, -0.25) is 14.6 Å². The van der Waals surface area contributed by atoms with Crippen LogP contribution in [0.4, 0.5) is 0 Å². The van der Waals surface area contributed by atoms with Crippen LogP contribution in [0.3, 0.4) is 0 Å². The van der Waals surface area contributed by atoms with Crippen LogP contribution < -0.4 is 4.74 Å². The Labute approximate surface area is 159 Å². The lowest BCUT2D eigenvalue weighted by atomic mass is 10.0. The van der Waals surface area contributed by atoms with E-state index in [0.29, 0.717) is 38.1 Å². The molecule has 0 bridgehead atoms. The summed E-state index contributed by atoms with van der Waals surface area (Å²) < 4.78 is 5.83. The molecule has 0 aliphatic carbocycles. The van der Waals surface area contributed by atoms with Gasteiger partial charge in [0.2, 0.25) is 5.91 Å². The Morgan fingerprint density at radius 1 is 1.26 bits per heavy atom. The molecule has 1 aromatic carbocycles. The minimum atomic E-state index is -0.0368. The van der Waals surface area contributed by atoms with Gasteiger partial charge in [0.25, 0.3) is 5.91 Å². The van der Waals surface area contributed by atoms with Gasteiger partial charge in [0.1, 0.15) is 12.4 Å². The standard InChI is InChI=1S/C21H25N3O3/c1-15-18(5-4-10-22-15)21(26)24-11-12-27-19-8-6-16(13-17(19)14-24)7-9-20(25)23(2)3/h4-6,8,10,13H,7,9,11-12,14H2,1-3H3. The lowest BCUT2D eigenvalue weighted by molar-refractivity contribution is -0.128. The van der Waals surface area contributed by atoms with Crippen molar-refractivity contribution in [3.05, 3.63) is 58.9 Å². The van der Waals surface area contributed by atoms with Crippen LogP contribution in [0.25, 0.3) is 0 Å². The molecule has 6 nitrogen and oxygen atoms in total. The fourth-order valence-electron chi connectivity index (χ4n) is 3.13. The number of aryl methyl sites for hydroxylation is 2. The zero-order chi connectivity index (χ0) is 19.4. The molecule has 0 unspecified atom stereocenters. The van der Waals surface area contributed by atoms with Gasteiger partial charge >= 0.3 is 0 Å². The number of hydrogen-bond acceptors (Lipinski definition) is 4. The number of benzene rings is 1. The quantitative estimate of drug-likeness (QED) is 0.833. The van der Waals surface area contributed by atoms with Gasteiger partial charge in [-0.25, -0.2) is 0 Å². The molecule has 1 aliphatic rings. The van der Waals surface area contributed by atoms with E-state index in [1.165, 1.54) is 0 Å². The number of hydrogen-bond donors (Lipinski definition) is 0. The second-order valence-corrected chi connectivity index (χ2v) is 6.94. The first-order chi connectivity index (χ1) is 13.0. The molecule has 142 valence electrons. The van der Waals surface area contributed by atoms with E-state index in [9.17, 15) is 9.59 Å². The lowest BCUT2D eigenvalue weighted by Crippen LogP contribution is -2.33. The summed E-state index contributed by atoms with van der Waals surface area (Å²) in [4.78, 5) is 32.4. The molecule has 6 heteroatoms. The minimum Gasteiger partial charge on any atom is -0.491 e. The van der Waals surface area contributed by atoms with Gasteiger partial charge in [0.05, 0.1) is 12.1 Å². The highest BCUT2D eigenvalue weighted by molar-refractivity contribution is 5.95. The van der Waals surface area contributed by atoms with E-state index < -0.39 is 0 Å². The summed E-state index contributed by atoms with van der Waals surface area (Å²) in [7, 11) is 3.52. The van der Waals surface area contributed by atoms with Crippen molar-refractivity contribution in [3.8, 4) is 5.75 Å². The zero-order valence-corrected chi connectivity index (χ0v) is 16.1. The zero-order valence-electron chi connectivity index (χ0n) is 16.1. The summed E-state index contributed by atoms with van der Waals surface area (Å²) in [5.74, 6) is 0.867. The Morgan fingerprint density at radius 2 is 2.07 bits per heavy atom. The van der Waals surface area contributed by atoms with E-state index in [0.717, 1.165) is 22.6 Å². The number of amides is 2. The third kappa shape index (κ3) is 4.45. The van der Waals surface area contributed by atoms with Gasteiger partial charge in [-0.15, -0.1) is 0 Å². The van der Waals surface area contributed by atoms with Crippen molar-refractivity contribution in [2.45, 2.75) is 26.3 Å². The van der Waals surface area contributed by atoms with Crippen LogP contribution >= 0.6 is 0 Å². The minimum absolute atomic E-state index is 0.0368. The molecule has 0 fully saturated rings. The van der Waals surface area contributed by atoms with Gasteiger partial charge < -0.3 is 14.5 Å². The average Bonchev–Trinajstić information content (AvgIpc) is 2.87. The predicted molar refractivity (Wildman–Crippen MR) is 103 cm³/mol. The molecule has 1 aliphatic heterocycles. The number of pyridine rings is 1. The van der Waals surface area contributed by atoms with Crippen LogP contribution in [0, 0.1) is 6.92 Å². The average molecular weight is 367 g/mol. The summed E-state index contributed by atoms with van der Waals surface area (Å²) in [6, 6.07) is 9.56. The van der Waals surface area contributed by atoms with Crippen molar-refractivity contribution in [1.29, 1.82) is 0 Å². The van der Waals surface area contributed by atoms with Gasteiger partial charge in [0, 0.05) is 44.5 Å². The predicted octanol–water partition coefficient (Wildman–Crippen LogP) is 2.45.